The van der Waals surface area contributed by atoms with Gasteiger partial charge in [0.25, 0.3) is 0 Å². The molecule has 0 spiro atoms. The minimum Gasteiger partial charge on any atom is -0.368 e. The van der Waals surface area contributed by atoms with Gasteiger partial charge in [-0.05, 0) is 35.2 Å². The highest BCUT2D eigenvalue weighted by atomic mass is 32.1. The summed E-state index contributed by atoms with van der Waals surface area (Å²) in [5, 5.41) is 4.25. The van der Waals surface area contributed by atoms with Crippen LogP contribution < -0.4 is 15.5 Å². The van der Waals surface area contributed by atoms with E-state index in [0.29, 0.717) is 17.9 Å². The van der Waals surface area contributed by atoms with Gasteiger partial charge in [0.2, 0.25) is 17.8 Å². The molecule has 0 aliphatic heterocycles. The Labute approximate surface area is 122 Å². The molecule has 0 bridgehead atoms. The van der Waals surface area contributed by atoms with Crippen LogP contribution in [0.5, 0.6) is 0 Å². The molecule has 1 fully saturated rings. The Kier molecular flexibility index (Phi) is 3.43. The normalized spacial score (nSPS) is 14.3. The number of nitrogens with zero attached hydrogens (tertiary/aromatic N) is 5. The number of nitrogen functional groups attached to an aromatic ring is 1. The second-order valence-electron chi connectivity index (χ2n) is 5.18. The molecule has 2 N–H and O–H groups in total. The van der Waals surface area contributed by atoms with Crippen molar-refractivity contribution < 1.29 is 0 Å². The number of hydrogen-bond donors (Lipinski definition) is 1. The summed E-state index contributed by atoms with van der Waals surface area (Å²) in [6.45, 7) is 0.824. The van der Waals surface area contributed by atoms with Crippen LogP contribution in [0.1, 0.15) is 18.4 Å². The number of nitrogens with two attached hydrogens (primary N) is 1. The highest BCUT2D eigenvalue weighted by Crippen LogP contribution is 2.32. The van der Waals surface area contributed by atoms with E-state index in [1.54, 1.807) is 11.3 Å². The van der Waals surface area contributed by atoms with Crippen molar-refractivity contribution in [2.45, 2.75) is 25.4 Å². The van der Waals surface area contributed by atoms with E-state index in [1.165, 1.54) is 18.4 Å². The van der Waals surface area contributed by atoms with Crippen LogP contribution in [0, 0.1) is 0 Å². The molecule has 2 aromatic rings. The van der Waals surface area contributed by atoms with Gasteiger partial charge in [-0.3, -0.25) is 0 Å². The van der Waals surface area contributed by atoms with E-state index in [0.717, 1.165) is 6.54 Å². The Morgan fingerprint density at radius 3 is 2.60 bits per heavy atom. The fourth-order valence-corrected chi connectivity index (χ4v) is 2.69. The van der Waals surface area contributed by atoms with E-state index in [-0.39, 0.29) is 5.95 Å². The highest BCUT2D eigenvalue weighted by Gasteiger charge is 2.31. The average Bonchev–Trinajstić information content (AvgIpc) is 3.12. The zero-order valence-corrected chi connectivity index (χ0v) is 12.5. The van der Waals surface area contributed by atoms with Crippen molar-refractivity contribution in [2.75, 3.05) is 29.6 Å². The third-order valence-electron chi connectivity index (χ3n) is 3.21. The number of hydrogen-bond acceptors (Lipinski definition) is 7. The Morgan fingerprint density at radius 1 is 1.25 bits per heavy atom. The predicted molar refractivity (Wildman–Crippen MR) is 82.1 cm³/mol. The lowest BCUT2D eigenvalue weighted by atomic mass is 10.3. The van der Waals surface area contributed by atoms with Gasteiger partial charge in [0.15, 0.2) is 0 Å². The van der Waals surface area contributed by atoms with Gasteiger partial charge in [0.1, 0.15) is 0 Å². The largest absolute Gasteiger partial charge is 0.368 e. The van der Waals surface area contributed by atoms with E-state index in [4.69, 9.17) is 5.73 Å². The molecule has 2 aromatic heterocycles. The second kappa shape index (κ2) is 5.24. The van der Waals surface area contributed by atoms with Crippen molar-refractivity contribution in [2.24, 2.45) is 0 Å². The standard InChI is InChI=1S/C13H18N6S/c1-18(2)12-15-11(14)16-13(17-12)19(10-3-4-10)7-9-5-6-20-8-9/h5-6,8,10H,3-4,7H2,1-2H3,(H2,14,15,16,17). The van der Waals surface area contributed by atoms with Gasteiger partial charge in [0, 0.05) is 26.7 Å². The zero-order valence-electron chi connectivity index (χ0n) is 11.7. The second-order valence-corrected chi connectivity index (χ2v) is 5.96. The van der Waals surface area contributed by atoms with Crippen LogP contribution in [0.3, 0.4) is 0 Å². The van der Waals surface area contributed by atoms with Gasteiger partial charge >= 0.3 is 0 Å². The van der Waals surface area contributed by atoms with Crippen LogP contribution in [0.4, 0.5) is 17.8 Å². The molecular weight excluding hydrogens is 272 g/mol. The van der Waals surface area contributed by atoms with Gasteiger partial charge < -0.3 is 15.5 Å². The lowest BCUT2D eigenvalue weighted by Crippen LogP contribution is -2.28. The van der Waals surface area contributed by atoms with Crippen LogP contribution in [0.15, 0.2) is 16.8 Å². The third-order valence-corrected chi connectivity index (χ3v) is 3.94. The molecule has 1 saturated carbocycles. The third kappa shape index (κ3) is 2.82. The summed E-state index contributed by atoms with van der Waals surface area (Å²) in [4.78, 5) is 17.1. The van der Waals surface area contributed by atoms with Gasteiger partial charge in [-0.1, -0.05) is 0 Å². The summed E-state index contributed by atoms with van der Waals surface area (Å²) >= 11 is 1.71. The quantitative estimate of drug-likeness (QED) is 0.904. The topological polar surface area (TPSA) is 71.2 Å². The summed E-state index contributed by atoms with van der Waals surface area (Å²) < 4.78 is 0. The van der Waals surface area contributed by atoms with Crippen molar-refractivity contribution in [1.82, 2.24) is 15.0 Å². The fraction of sp³-hybridized carbons (Fsp3) is 0.462. The number of anilines is 3. The number of aromatic nitrogens is 3. The molecule has 6 nitrogen and oxygen atoms in total. The SMILES string of the molecule is CN(C)c1nc(N)nc(N(Cc2ccsc2)C2CC2)n1. The van der Waals surface area contributed by atoms with Crippen LogP contribution >= 0.6 is 11.3 Å². The van der Waals surface area contributed by atoms with Crippen molar-refractivity contribution in [3.63, 3.8) is 0 Å². The van der Waals surface area contributed by atoms with Crippen molar-refractivity contribution in [3.8, 4) is 0 Å². The smallest absolute Gasteiger partial charge is 0.232 e. The first-order valence-corrected chi connectivity index (χ1v) is 7.54. The number of rotatable bonds is 5. The number of thiophene rings is 1. The summed E-state index contributed by atoms with van der Waals surface area (Å²) in [6.07, 6.45) is 2.38. The van der Waals surface area contributed by atoms with Gasteiger partial charge in [-0.2, -0.15) is 26.3 Å². The monoisotopic (exact) mass is 290 g/mol. The maximum absolute atomic E-state index is 5.82. The minimum absolute atomic E-state index is 0.273. The van der Waals surface area contributed by atoms with Crippen LogP contribution in [0.2, 0.25) is 0 Å². The fourth-order valence-electron chi connectivity index (χ4n) is 2.03. The van der Waals surface area contributed by atoms with Gasteiger partial charge in [-0.15, -0.1) is 0 Å². The molecule has 20 heavy (non-hydrogen) atoms. The molecule has 0 atom stereocenters. The van der Waals surface area contributed by atoms with Crippen LogP contribution in [-0.4, -0.2) is 35.1 Å². The predicted octanol–water partition coefficient (Wildman–Crippen LogP) is 1.75. The summed E-state index contributed by atoms with van der Waals surface area (Å²) in [5.74, 6) is 1.55. The molecule has 0 aromatic carbocycles. The van der Waals surface area contributed by atoms with Crippen molar-refractivity contribution >= 4 is 29.2 Å². The summed E-state index contributed by atoms with van der Waals surface area (Å²) in [5.41, 5.74) is 7.10. The summed E-state index contributed by atoms with van der Waals surface area (Å²) in [7, 11) is 3.80. The molecule has 1 aliphatic rings. The zero-order chi connectivity index (χ0) is 14.1. The highest BCUT2D eigenvalue weighted by molar-refractivity contribution is 7.07. The molecule has 0 amide bonds. The Hall–Kier alpha value is -1.89. The molecular formula is C13H18N6S. The lowest BCUT2D eigenvalue weighted by Gasteiger charge is -2.23. The molecule has 7 heteroatoms. The van der Waals surface area contributed by atoms with E-state index < -0.39 is 0 Å². The van der Waals surface area contributed by atoms with Crippen molar-refractivity contribution in [1.29, 1.82) is 0 Å². The van der Waals surface area contributed by atoms with E-state index >= 15 is 0 Å². The maximum atomic E-state index is 5.82. The molecule has 2 heterocycles. The van der Waals surface area contributed by atoms with E-state index in [9.17, 15) is 0 Å². The van der Waals surface area contributed by atoms with E-state index in [1.807, 2.05) is 19.0 Å². The molecule has 0 unspecified atom stereocenters. The molecule has 106 valence electrons. The maximum Gasteiger partial charge on any atom is 0.232 e. The Balaban J connectivity index is 1.91. The van der Waals surface area contributed by atoms with Gasteiger partial charge in [-0.25, -0.2) is 0 Å². The molecule has 3 rings (SSSR count). The summed E-state index contributed by atoms with van der Waals surface area (Å²) in [6, 6.07) is 2.66. The first-order chi connectivity index (χ1) is 9.63. The first-order valence-electron chi connectivity index (χ1n) is 6.60. The van der Waals surface area contributed by atoms with Crippen molar-refractivity contribution in [3.05, 3.63) is 22.4 Å². The first kappa shape index (κ1) is 13.1. The van der Waals surface area contributed by atoms with E-state index in [2.05, 4.69) is 36.7 Å². The average molecular weight is 290 g/mol. The molecule has 1 aliphatic carbocycles. The Morgan fingerprint density at radius 2 is 2.00 bits per heavy atom. The molecule has 0 radical (unpaired) electrons. The van der Waals surface area contributed by atoms with Crippen LogP contribution in [0.25, 0.3) is 0 Å². The lowest BCUT2D eigenvalue weighted by molar-refractivity contribution is 0.753. The minimum atomic E-state index is 0.273. The molecule has 0 saturated heterocycles. The van der Waals surface area contributed by atoms with Crippen LogP contribution in [-0.2, 0) is 6.54 Å². The Bertz CT molecular complexity index is 579. The van der Waals surface area contributed by atoms with Gasteiger partial charge in [0.05, 0.1) is 0 Å².